The zero-order valence-electron chi connectivity index (χ0n) is 18.0. The molecule has 32 heavy (non-hydrogen) atoms. The van der Waals surface area contributed by atoms with Crippen molar-refractivity contribution in [1.29, 1.82) is 0 Å². The Labute approximate surface area is 186 Å². The molecule has 162 valence electrons. The number of nitrogens with one attached hydrogen (secondary N) is 2. The van der Waals surface area contributed by atoms with E-state index in [1.807, 2.05) is 54.6 Å². The highest BCUT2D eigenvalue weighted by Gasteiger charge is 2.23. The first kappa shape index (κ1) is 20.0. The molecule has 4 aromatic rings. The molecule has 0 unspecified atom stereocenters. The summed E-state index contributed by atoms with van der Waals surface area (Å²) in [6, 6.07) is 17.7. The second-order valence-corrected chi connectivity index (χ2v) is 7.72. The number of H-pyrrole nitrogens is 1. The van der Waals surface area contributed by atoms with Gasteiger partial charge in [0.15, 0.2) is 11.6 Å². The maximum absolute atomic E-state index is 5.23. The number of hydrogen-bond donors (Lipinski definition) is 2. The van der Waals surface area contributed by atoms with E-state index in [4.69, 9.17) is 9.73 Å². The first-order chi connectivity index (χ1) is 15.8. The SMILES string of the molecule is COc1ccc(C=Nc2n[nH]c(Nc3ccccc3)c2-c2nnc3n2CCCCC3)cc1. The first-order valence-electron chi connectivity index (χ1n) is 10.8. The number of anilines is 2. The summed E-state index contributed by atoms with van der Waals surface area (Å²) in [4.78, 5) is 4.69. The lowest BCUT2D eigenvalue weighted by Crippen LogP contribution is -2.04. The number of nitrogens with zero attached hydrogens (tertiary/aromatic N) is 5. The number of aryl methyl sites for hydroxylation is 1. The zero-order valence-corrected chi connectivity index (χ0v) is 18.0. The standard InChI is InChI=1S/C24H25N7O/c1-32-19-13-11-17(12-14-19)16-25-22-21(23(29-28-22)26-18-8-4-2-5-9-18)24-30-27-20-10-6-3-7-15-31(20)24/h2,4-5,8-9,11-14,16H,3,6-7,10,15H2,1H3,(H2,26,28,29). The van der Waals surface area contributed by atoms with Crippen LogP contribution in [0.5, 0.6) is 5.75 Å². The van der Waals surface area contributed by atoms with Crippen molar-refractivity contribution in [2.24, 2.45) is 4.99 Å². The number of benzene rings is 2. The number of aromatic nitrogens is 5. The van der Waals surface area contributed by atoms with Crippen molar-refractivity contribution in [3.05, 3.63) is 66.0 Å². The van der Waals surface area contributed by atoms with Gasteiger partial charge >= 0.3 is 0 Å². The van der Waals surface area contributed by atoms with Gasteiger partial charge < -0.3 is 14.6 Å². The molecule has 1 aliphatic heterocycles. The lowest BCUT2D eigenvalue weighted by atomic mass is 10.2. The van der Waals surface area contributed by atoms with Crippen LogP contribution in [0.4, 0.5) is 17.3 Å². The molecule has 1 aliphatic rings. The smallest absolute Gasteiger partial charge is 0.186 e. The molecule has 2 aromatic carbocycles. The second kappa shape index (κ2) is 9.05. The second-order valence-electron chi connectivity index (χ2n) is 7.72. The van der Waals surface area contributed by atoms with Gasteiger partial charge in [0.2, 0.25) is 0 Å². The highest BCUT2D eigenvalue weighted by Crippen LogP contribution is 2.36. The minimum atomic E-state index is 0.568. The van der Waals surface area contributed by atoms with Gasteiger partial charge in [-0.05, 0) is 54.8 Å². The predicted molar refractivity (Wildman–Crippen MR) is 125 cm³/mol. The molecular formula is C24H25N7O. The third-order valence-corrected chi connectivity index (χ3v) is 5.58. The minimum absolute atomic E-state index is 0.568. The van der Waals surface area contributed by atoms with Crippen LogP contribution in [0.15, 0.2) is 59.6 Å². The van der Waals surface area contributed by atoms with Gasteiger partial charge in [-0.15, -0.1) is 10.2 Å². The Hall–Kier alpha value is -3.94. The Morgan fingerprint density at radius 1 is 1.03 bits per heavy atom. The molecule has 2 N–H and O–H groups in total. The summed E-state index contributed by atoms with van der Waals surface area (Å²) in [6.45, 7) is 0.898. The van der Waals surface area contributed by atoms with Crippen LogP contribution in [0, 0.1) is 0 Å². The van der Waals surface area contributed by atoms with Crippen molar-refractivity contribution in [3.8, 4) is 17.1 Å². The van der Waals surface area contributed by atoms with Crippen LogP contribution >= 0.6 is 0 Å². The molecule has 5 rings (SSSR count). The van der Waals surface area contributed by atoms with Crippen LogP contribution in [0.3, 0.4) is 0 Å². The topological polar surface area (TPSA) is 93.0 Å². The van der Waals surface area contributed by atoms with E-state index >= 15 is 0 Å². The summed E-state index contributed by atoms with van der Waals surface area (Å²) >= 11 is 0. The lowest BCUT2D eigenvalue weighted by molar-refractivity contribution is 0.415. The number of rotatable bonds is 6. The van der Waals surface area contributed by atoms with Crippen LogP contribution in [0.1, 0.15) is 30.7 Å². The van der Waals surface area contributed by atoms with E-state index in [1.54, 1.807) is 13.3 Å². The monoisotopic (exact) mass is 427 g/mol. The number of hydrogen-bond acceptors (Lipinski definition) is 6. The van der Waals surface area contributed by atoms with Gasteiger partial charge in [0, 0.05) is 24.9 Å². The van der Waals surface area contributed by atoms with E-state index in [2.05, 4.69) is 30.3 Å². The average molecular weight is 428 g/mol. The third kappa shape index (κ3) is 4.12. The lowest BCUT2D eigenvalue weighted by Gasteiger charge is -2.09. The maximum Gasteiger partial charge on any atom is 0.186 e. The van der Waals surface area contributed by atoms with Crippen molar-refractivity contribution >= 4 is 23.5 Å². The average Bonchev–Trinajstić information content (AvgIpc) is 3.33. The van der Waals surface area contributed by atoms with Crippen LogP contribution < -0.4 is 10.1 Å². The summed E-state index contributed by atoms with van der Waals surface area (Å²) in [6.07, 6.45) is 6.19. The van der Waals surface area contributed by atoms with Gasteiger partial charge in [0.25, 0.3) is 0 Å². The molecule has 0 atom stereocenters. The number of methoxy groups -OCH3 is 1. The Kier molecular flexibility index (Phi) is 5.65. The Morgan fingerprint density at radius 2 is 1.88 bits per heavy atom. The molecule has 2 aromatic heterocycles. The van der Waals surface area contributed by atoms with E-state index in [9.17, 15) is 0 Å². The van der Waals surface area contributed by atoms with Crippen molar-refractivity contribution in [1.82, 2.24) is 25.0 Å². The normalized spacial score (nSPS) is 13.7. The summed E-state index contributed by atoms with van der Waals surface area (Å²) in [5.41, 5.74) is 2.73. The molecule has 0 bridgehead atoms. The van der Waals surface area contributed by atoms with Gasteiger partial charge in [-0.3, -0.25) is 5.10 Å². The fraction of sp³-hybridized carbons (Fsp3) is 0.250. The summed E-state index contributed by atoms with van der Waals surface area (Å²) in [7, 11) is 1.65. The number of aromatic amines is 1. The van der Waals surface area contributed by atoms with Crippen molar-refractivity contribution in [3.63, 3.8) is 0 Å². The highest BCUT2D eigenvalue weighted by molar-refractivity contribution is 5.88. The Bertz CT molecular complexity index is 1210. The Morgan fingerprint density at radius 3 is 2.69 bits per heavy atom. The molecule has 0 amide bonds. The molecular weight excluding hydrogens is 402 g/mol. The fourth-order valence-electron chi connectivity index (χ4n) is 3.89. The van der Waals surface area contributed by atoms with Crippen molar-refractivity contribution < 1.29 is 4.74 Å². The van der Waals surface area contributed by atoms with Gasteiger partial charge in [-0.25, -0.2) is 4.99 Å². The fourth-order valence-corrected chi connectivity index (χ4v) is 3.89. The largest absolute Gasteiger partial charge is 0.497 e. The van der Waals surface area contributed by atoms with E-state index < -0.39 is 0 Å². The number of fused-ring (bicyclic) bond motifs is 1. The van der Waals surface area contributed by atoms with Gasteiger partial charge in [-0.1, -0.05) is 24.6 Å². The molecule has 0 aliphatic carbocycles. The minimum Gasteiger partial charge on any atom is -0.497 e. The maximum atomic E-state index is 5.23. The quantitative estimate of drug-likeness (QED) is 0.427. The van der Waals surface area contributed by atoms with Gasteiger partial charge in [0.05, 0.1) is 7.11 Å². The molecule has 0 saturated heterocycles. The predicted octanol–water partition coefficient (Wildman–Crippen LogP) is 4.90. The molecule has 0 spiro atoms. The third-order valence-electron chi connectivity index (χ3n) is 5.58. The molecule has 0 radical (unpaired) electrons. The summed E-state index contributed by atoms with van der Waals surface area (Å²) in [5, 5.41) is 20.1. The molecule has 3 heterocycles. The van der Waals surface area contributed by atoms with Gasteiger partial charge in [0.1, 0.15) is 23.0 Å². The molecule has 0 saturated carbocycles. The summed E-state index contributed by atoms with van der Waals surface area (Å²) < 4.78 is 7.44. The van der Waals surface area contributed by atoms with E-state index in [0.717, 1.165) is 65.8 Å². The highest BCUT2D eigenvalue weighted by atomic mass is 16.5. The van der Waals surface area contributed by atoms with Crippen molar-refractivity contribution in [2.75, 3.05) is 12.4 Å². The van der Waals surface area contributed by atoms with E-state index in [0.29, 0.717) is 5.82 Å². The van der Waals surface area contributed by atoms with Crippen LogP contribution in [0.25, 0.3) is 11.4 Å². The summed E-state index contributed by atoms with van der Waals surface area (Å²) in [5.74, 6) is 3.93. The van der Waals surface area contributed by atoms with Crippen molar-refractivity contribution in [2.45, 2.75) is 32.2 Å². The Balaban J connectivity index is 1.55. The molecule has 0 fully saturated rings. The first-order valence-corrected chi connectivity index (χ1v) is 10.8. The van der Waals surface area contributed by atoms with Crippen LogP contribution in [-0.4, -0.2) is 38.3 Å². The van der Waals surface area contributed by atoms with E-state index in [-0.39, 0.29) is 0 Å². The number of aliphatic imine (C=N–C) groups is 1. The molecule has 8 nitrogen and oxygen atoms in total. The van der Waals surface area contributed by atoms with Gasteiger partial charge in [-0.2, -0.15) is 5.10 Å². The van der Waals surface area contributed by atoms with Crippen LogP contribution in [-0.2, 0) is 13.0 Å². The van der Waals surface area contributed by atoms with E-state index in [1.165, 1.54) is 6.42 Å². The zero-order chi connectivity index (χ0) is 21.8. The molecule has 8 heteroatoms. The van der Waals surface area contributed by atoms with Crippen LogP contribution in [0.2, 0.25) is 0 Å². The number of ether oxygens (including phenoxy) is 1. The number of para-hydroxylation sites is 1.